The van der Waals surface area contributed by atoms with Crippen LogP contribution in [0.15, 0.2) is 0 Å². The fourth-order valence-electron chi connectivity index (χ4n) is 1.15. The molecule has 0 saturated heterocycles. The van der Waals surface area contributed by atoms with Gasteiger partial charge in [0.2, 0.25) is 0 Å². The molecule has 0 aliphatic heterocycles. The van der Waals surface area contributed by atoms with Gasteiger partial charge in [0.05, 0.1) is 0 Å². The molecule has 0 aromatic heterocycles. The minimum atomic E-state index is -0.916. The molecule has 0 radical (unpaired) electrons. The normalized spacial score (nSPS) is 11.2. The third-order valence-electron chi connectivity index (χ3n) is 2.79. The molecule has 0 N–H and O–H groups in total. The Balaban J connectivity index is 3.30. The van der Waals surface area contributed by atoms with E-state index in [4.69, 9.17) is 0 Å². The van der Waals surface area contributed by atoms with E-state index in [1.165, 1.54) is 17.1 Å². The third-order valence-corrected chi connectivity index (χ3v) is 10.7. The van der Waals surface area contributed by atoms with Crippen molar-refractivity contribution in [2.24, 2.45) is 0 Å². The van der Waals surface area contributed by atoms with Crippen molar-refractivity contribution in [2.75, 3.05) is 13.6 Å². The summed E-state index contributed by atoms with van der Waals surface area (Å²) in [4.78, 5) is 2.45. The van der Waals surface area contributed by atoms with Crippen LogP contribution in [0.4, 0.5) is 0 Å². The summed E-state index contributed by atoms with van der Waals surface area (Å²) >= 11 is -0.916. The van der Waals surface area contributed by atoms with E-state index >= 15 is 0 Å². The molecular formula is C10H24InN. The molecular weight excluding hydrogens is 249 g/mol. The summed E-state index contributed by atoms with van der Waals surface area (Å²) in [5.41, 5.74) is 0. The van der Waals surface area contributed by atoms with Gasteiger partial charge in [0, 0.05) is 0 Å². The summed E-state index contributed by atoms with van der Waals surface area (Å²) in [5, 5.41) is 0. The average molecular weight is 273 g/mol. The van der Waals surface area contributed by atoms with Gasteiger partial charge in [-0.05, 0) is 0 Å². The molecule has 0 heterocycles. The van der Waals surface area contributed by atoms with Crippen LogP contribution in [0, 0.1) is 0 Å². The maximum absolute atomic E-state index is 2.55. The molecule has 2 heteroatoms. The molecule has 0 saturated carbocycles. The van der Waals surface area contributed by atoms with Gasteiger partial charge in [-0.3, -0.25) is 0 Å². The molecule has 1 nitrogen and oxygen atoms in total. The second-order valence-electron chi connectivity index (χ2n) is 4.23. The van der Waals surface area contributed by atoms with Gasteiger partial charge >= 0.3 is 86.2 Å². The summed E-state index contributed by atoms with van der Waals surface area (Å²) in [6, 6.07) is 0.720. The Morgan fingerprint density at radius 3 is 2.33 bits per heavy atom. The summed E-state index contributed by atoms with van der Waals surface area (Å²) in [5.74, 6) is 0. The van der Waals surface area contributed by atoms with E-state index in [9.17, 15) is 0 Å². The van der Waals surface area contributed by atoms with Crippen molar-refractivity contribution in [3.63, 3.8) is 0 Å². The average Bonchev–Trinajstić information content (AvgIpc) is 2.03. The Hall–Kier alpha value is 0.830. The zero-order valence-electron chi connectivity index (χ0n) is 9.43. The molecule has 0 atom stereocenters. The summed E-state index contributed by atoms with van der Waals surface area (Å²) in [6.07, 6.45) is 1.44. The first-order chi connectivity index (χ1) is 5.57. The third kappa shape index (κ3) is 6.36. The van der Waals surface area contributed by atoms with E-state index in [2.05, 4.69) is 37.4 Å². The van der Waals surface area contributed by atoms with Crippen LogP contribution < -0.4 is 0 Å². The van der Waals surface area contributed by atoms with Crippen molar-refractivity contribution in [1.82, 2.24) is 4.90 Å². The van der Waals surface area contributed by atoms with Crippen LogP contribution in [0.3, 0.4) is 0 Å². The second kappa shape index (κ2) is 7.25. The quantitative estimate of drug-likeness (QED) is 0.719. The molecule has 0 amide bonds. The van der Waals surface area contributed by atoms with Crippen molar-refractivity contribution in [1.29, 1.82) is 0 Å². The number of hydrogen-bond acceptors (Lipinski definition) is 1. The molecule has 0 fully saturated rings. The van der Waals surface area contributed by atoms with E-state index in [-0.39, 0.29) is 0 Å². The van der Waals surface area contributed by atoms with Crippen molar-refractivity contribution >= 4 is 21.4 Å². The van der Waals surface area contributed by atoms with Gasteiger partial charge in [-0.1, -0.05) is 0 Å². The van der Waals surface area contributed by atoms with Gasteiger partial charge in [0.1, 0.15) is 0 Å². The molecule has 0 bridgehead atoms. The zero-order valence-corrected chi connectivity index (χ0v) is 12.7. The first-order valence-corrected chi connectivity index (χ1v) is 13.2. The van der Waals surface area contributed by atoms with Crippen molar-refractivity contribution in [2.45, 2.75) is 46.3 Å². The summed E-state index contributed by atoms with van der Waals surface area (Å²) in [6.45, 7) is 8.21. The van der Waals surface area contributed by atoms with E-state index in [1.807, 2.05) is 0 Å². The molecule has 72 valence electrons. The Morgan fingerprint density at radius 1 is 1.33 bits per heavy atom. The molecule has 0 aromatic rings. The minimum absolute atomic E-state index is 0.720. The molecule has 0 rings (SSSR count). The van der Waals surface area contributed by atoms with E-state index in [0.29, 0.717) is 0 Å². The summed E-state index contributed by atoms with van der Waals surface area (Å²) < 4.78 is 5.68. The van der Waals surface area contributed by atoms with Crippen molar-refractivity contribution in [3.05, 3.63) is 0 Å². The van der Waals surface area contributed by atoms with Crippen LogP contribution in [-0.4, -0.2) is 46.0 Å². The molecule has 0 aromatic carbocycles. The number of hydrogen-bond donors (Lipinski definition) is 0. The van der Waals surface area contributed by atoms with Gasteiger partial charge in [-0.15, -0.1) is 0 Å². The SMILES string of the molecule is C[CH2][In]([CH3])[CH2]CCN(C)C(C)C. The van der Waals surface area contributed by atoms with Crippen LogP contribution in [0.2, 0.25) is 13.0 Å². The Morgan fingerprint density at radius 2 is 1.92 bits per heavy atom. The molecule has 0 spiro atoms. The molecule has 0 aliphatic rings. The van der Waals surface area contributed by atoms with Gasteiger partial charge < -0.3 is 0 Å². The Labute approximate surface area is 86.1 Å². The van der Waals surface area contributed by atoms with E-state index in [1.54, 1.807) is 4.18 Å². The van der Waals surface area contributed by atoms with Crippen LogP contribution in [0.1, 0.15) is 27.2 Å². The monoisotopic (exact) mass is 273 g/mol. The molecule has 12 heavy (non-hydrogen) atoms. The summed E-state index contributed by atoms with van der Waals surface area (Å²) in [7, 11) is 2.23. The van der Waals surface area contributed by atoms with Crippen LogP contribution in [-0.2, 0) is 0 Å². The van der Waals surface area contributed by atoms with Gasteiger partial charge in [0.15, 0.2) is 0 Å². The predicted octanol–water partition coefficient (Wildman–Crippen LogP) is 2.86. The Kier molecular flexibility index (Phi) is 7.76. The molecule has 0 unspecified atom stereocenters. The fraction of sp³-hybridized carbons (Fsp3) is 1.00. The maximum atomic E-state index is 2.55. The molecule has 0 aliphatic carbocycles. The predicted molar refractivity (Wildman–Crippen MR) is 59.3 cm³/mol. The first kappa shape index (κ1) is 12.8. The second-order valence-corrected chi connectivity index (χ2v) is 14.5. The Bertz CT molecular complexity index is 104. The van der Waals surface area contributed by atoms with E-state index in [0.717, 1.165) is 6.04 Å². The van der Waals surface area contributed by atoms with Crippen LogP contribution >= 0.6 is 0 Å². The zero-order chi connectivity index (χ0) is 9.56. The fourth-order valence-corrected chi connectivity index (χ4v) is 4.83. The van der Waals surface area contributed by atoms with Crippen molar-refractivity contribution in [3.8, 4) is 0 Å². The van der Waals surface area contributed by atoms with Crippen LogP contribution in [0.5, 0.6) is 0 Å². The topological polar surface area (TPSA) is 3.24 Å². The van der Waals surface area contributed by atoms with Crippen molar-refractivity contribution < 1.29 is 0 Å². The standard InChI is InChI=1S/C7H16N.C2H5.CH3.In/c1-5-6-8(4)7(2)3;1-2;;/h7H,1,5-6H2,2-4H3;1H2,2H3;1H3;. The van der Waals surface area contributed by atoms with E-state index < -0.39 is 21.4 Å². The van der Waals surface area contributed by atoms with Gasteiger partial charge in [-0.25, -0.2) is 0 Å². The number of rotatable bonds is 6. The van der Waals surface area contributed by atoms with Crippen LogP contribution in [0.25, 0.3) is 0 Å². The van der Waals surface area contributed by atoms with Gasteiger partial charge in [-0.2, -0.15) is 0 Å². The first-order valence-electron chi connectivity index (χ1n) is 5.28. The number of nitrogens with zero attached hydrogens (tertiary/aromatic N) is 1. The van der Waals surface area contributed by atoms with Gasteiger partial charge in [0.25, 0.3) is 0 Å².